The van der Waals surface area contributed by atoms with Crippen LogP contribution in [0.15, 0.2) is 24.3 Å². The Morgan fingerprint density at radius 2 is 1.79 bits per heavy atom. The number of benzene rings is 1. The van der Waals surface area contributed by atoms with Crippen molar-refractivity contribution in [3.05, 3.63) is 35.4 Å². The molecule has 0 radical (unpaired) electrons. The Bertz CT molecular complexity index is 534. The minimum Gasteiger partial charge on any atom is -0.212 e. The van der Waals surface area contributed by atoms with E-state index in [4.69, 9.17) is 11.6 Å². The maximum atomic E-state index is 12.4. The van der Waals surface area contributed by atoms with Crippen molar-refractivity contribution in [1.82, 2.24) is 4.31 Å². The average Bonchev–Trinajstić information content (AvgIpc) is 2.70. The Kier molecular flexibility index (Phi) is 4.54. The molecule has 0 saturated carbocycles. The van der Waals surface area contributed by atoms with E-state index in [1.807, 2.05) is 24.3 Å². The lowest BCUT2D eigenvalue weighted by Gasteiger charge is -2.16. The van der Waals surface area contributed by atoms with Gasteiger partial charge in [0, 0.05) is 19.0 Å². The second-order valence-corrected chi connectivity index (χ2v) is 7.72. The third kappa shape index (κ3) is 3.50. The molecule has 106 valence electrons. The van der Waals surface area contributed by atoms with Crippen LogP contribution >= 0.6 is 11.6 Å². The Morgan fingerprint density at radius 1 is 1.21 bits per heavy atom. The van der Waals surface area contributed by atoms with Gasteiger partial charge >= 0.3 is 0 Å². The third-order valence-corrected chi connectivity index (χ3v) is 5.93. The highest BCUT2D eigenvalue weighted by Gasteiger charge is 2.33. The van der Waals surface area contributed by atoms with Gasteiger partial charge in [-0.2, -0.15) is 0 Å². The summed E-state index contributed by atoms with van der Waals surface area (Å²) < 4.78 is 26.4. The molecule has 0 N–H and O–H groups in total. The van der Waals surface area contributed by atoms with E-state index in [0.29, 0.717) is 30.8 Å². The molecule has 0 aliphatic carbocycles. The fourth-order valence-electron chi connectivity index (χ4n) is 2.41. The van der Waals surface area contributed by atoms with Crippen LogP contribution in [0, 0.1) is 11.8 Å². The van der Waals surface area contributed by atoms with Crippen LogP contribution < -0.4 is 0 Å². The number of rotatable bonds is 4. The highest BCUT2D eigenvalue weighted by Crippen LogP contribution is 2.26. The molecule has 1 aromatic carbocycles. The molecule has 1 aliphatic rings. The van der Waals surface area contributed by atoms with E-state index < -0.39 is 10.0 Å². The first-order valence-electron chi connectivity index (χ1n) is 6.54. The molecule has 0 spiro atoms. The van der Waals surface area contributed by atoms with Gasteiger partial charge in [-0.1, -0.05) is 38.1 Å². The molecule has 1 aliphatic heterocycles. The summed E-state index contributed by atoms with van der Waals surface area (Å²) in [5.41, 5.74) is 1.77. The van der Waals surface area contributed by atoms with Gasteiger partial charge in [-0.15, -0.1) is 11.6 Å². The third-order valence-electron chi connectivity index (χ3n) is 3.84. The smallest absolute Gasteiger partial charge is 0.212 e. The van der Waals surface area contributed by atoms with Gasteiger partial charge < -0.3 is 0 Å². The van der Waals surface area contributed by atoms with E-state index in [9.17, 15) is 8.42 Å². The number of halogens is 1. The molecule has 0 aromatic heterocycles. The van der Waals surface area contributed by atoms with Crippen molar-refractivity contribution in [2.24, 2.45) is 11.8 Å². The number of hydrogen-bond donors (Lipinski definition) is 0. The van der Waals surface area contributed by atoms with Crippen molar-refractivity contribution in [2.75, 3.05) is 13.1 Å². The first-order valence-corrected chi connectivity index (χ1v) is 8.68. The normalized spacial score (nSPS) is 24.8. The summed E-state index contributed by atoms with van der Waals surface area (Å²) in [6, 6.07) is 7.48. The summed E-state index contributed by atoms with van der Waals surface area (Å²) in [4.78, 5) is 0. The van der Waals surface area contributed by atoms with E-state index >= 15 is 0 Å². The van der Waals surface area contributed by atoms with Crippen molar-refractivity contribution < 1.29 is 8.42 Å². The monoisotopic (exact) mass is 301 g/mol. The summed E-state index contributed by atoms with van der Waals surface area (Å²) in [7, 11) is -3.21. The van der Waals surface area contributed by atoms with Gasteiger partial charge in [0.25, 0.3) is 0 Å². The van der Waals surface area contributed by atoms with Gasteiger partial charge in [0.15, 0.2) is 0 Å². The van der Waals surface area contributed by atoms with Crippen LogP contribution in [-0.2, 0) is 21.7 Å². The molecule has 1 saturated heterocycles. The lowest BCUT2D eigenvalue weighted by atomic mass is 10.0. The molecule has 1 aromatic rings. The van der Waals surface area contributed by atoms with Crippen molar-refractivity contribution in [3.8, 4) is 0 Å². The Hall–Kier alpha value is -0.580. The van der Waals surface area contributed by atoms with Gasteiger partial charge in [0.2, 0.25) is 10.0 Å². The average molecular weight is 302 g/mol. The van der Waals surface area contributed by atoms with Crippen LogP contribution in [0.25, 0.3) is 0 Å². The lowest BCUT2D eigenvalue weighted by molar-refractivity contribution is 0.462. The van der Waals surface area contributed by atoms with Crippen molar-refractivity contribution in [1.29, 1.82) is 0 Å². The molecule has 5 heteroatoms. The lowest BCUT2D eigenvalue weighted by Crippen LogP contribution is -2.30. The number of hydrogen-bond acceptors (Lipinski definition) is 2. The number of sulfonamides is 1. The fourth-order valence-corrected chi connectivity index (χ4v) is 4.28. The molecule has 2 rings (SSSR count). The highest BCUT2D eigenvalue weighted by atomic mass is 35.5. The van der Waals surface area contributed by atoms with Crippen molar-refractivity contribution >= 4 is 21.6 Å². The largest absolute Gasteiger partial charge is 0.218 e. The van der Waals surface area contributed by atoms with E-state index in [0.717, 1.165) is 11.1 Å². The standard InChI is InChI=1S/C14H20ClNO2S/c1-11-8-16(9-12(11)2)19(17,18)10-14-5-3-4-13(6-14)7-15/h3-6,11-12H,7-10H2,1-2H3. The zero-order valence-corrected chi connectivity index (χ0v) is 12.9. The second kappa shape index (κ2) is 5.81. The molecular formula is C14H20ClNO2S. The van der Waals surface area contributed by atoms with Crippen LogP contribution in [0.4, 0.5) is 0 Å². The number of nitrogens with zero attached hydrogens (tertiary/aromatic N) is 1. The predicted molar refractivity (Wildman–Crippen MR) is 78.5 cm³/mol. The molecule has 2 atom stereocenters. The van der Waals surface area contributed by atoms with Crippen LogP contribution in [0.3, 0.4) is 0 Å². The molecule has 2 unspecified atom stereocenters. The fraction of sp³-hybridized carbons (Fsp3) is 0.571. The molecule has 19 heavy (non-hydrogen) atoms. The van der Waals surface area contributed by atoms with Gasteiger partial charge in [0.1, 0.15) is 0 Å². The van der Waals surface area contributed by atoms with Gasteiger partial charge in [-0.3, -0.25) is 0 Å². The van der Waals surface area contributed by atoms with Crippen molar-refractivity contribution in [2.45, 2.75) is 25.5 Å². The molecule has 0 bridgehead atoms. The zero-order chi connectivity index (χ0) is 14.0. The first kappa shape index (κ1) is 14.8. The SMILES string of the molecule is CC1CN(S(=O)(=O)Cc2cccc(CCl)c2)CC1C. The van der Waals surface area contributed by atoms with E-state index in [-0.39, 0.29) is 5.75 Å². The van der Waals surface area contributed by atoms with Crippen LogP contribution in [0.5, 0.6) is 0 Å². The molecule has 1 fully saturated rings. The first-order chi connectivity index (χ1) is 8.92. The zero-order valence-electron chi connectivity index (χ0n) is 11.3. The van der Waals surface area contributed by atoms with Crippen LogP contribution in [0.2, 0.25) is 0 Å². The summed E-state index contributed by atoms with van der Waals surface area (Å²) >= 11 is 5.78. The maximum Gasteiger partial charge on any atom is 0.218 e. The van der Waals surface area contributed by atoms with Crippen LogP contribution in [0.1, 0.15) is 25.0 Å². The minimum atomic E-state index is -3.21. The Labute approximate surface area is 120 Å². The van der Waals surface area contributed by atoms with E-state index in [1.54, 1.807) is 4.31 Å². The quantitative estimate of drug-likeness (QED) is 0.802. The van der Waals surface area contributed by atoms with Gasteiger partial charge in [0.05, 0.1) is 5.75 Å². The minimum absolute atomic E-state index is 0.0666. The molecule has 1 heterocycles. The predicted octanol–water partition coefficient (Wildman–Crippen LogP) is 2.84. The molecular weight excluding hydrogens is 282 g/mol. The molecule has 3 nitrogen and oxygen atoms in total. The number of alkyl halides is 1. The maximum absolute atomic E-state index is 12.4. The Balaban J connectivity index is 2.13. The van der Waals surface area contributed by atoms with E-state index in [1.165, 1.54) is 0 Å². The topological polar surface area (TPSA) is 37.4 Å². The Morgan fingerprint density at radius 3 is 2.37 bits per heavy atom. The summed E-state index contributed by atoms with van der Waals surface area (Å²) in [5, 5.41) is 0. The highest BCUT2D eigenvalue weighted by molar-refractivity contribution is 7.88. The van der Waals surface area contributed by atoms with E-state index in [2.05, 4.69) is 13.8 Å². The summed E-state index contributed by atoms with van der Waals surface area (Å²) in [6.45, 7) is 5.49. The summed E-state index contributed by atoms with van der Waals surface area (Å²) in [5.74, 6) is 1.34. The van der Waals surface area contributed by atoms with Gasteiger partial charge in [-0.25, -0.2) is 12.7 Å². The van der Waals surface area contributed by atoms with Crippen LogP contribution in [-0.4, -0.2) is 25.8 Å². The summed E-state index contributed by atoms with van der Waals surface area (Å²) in [6.07, 6.45) is 0. The molecule has 0 amide bonds. The van der Waals surface area contributed by atoms with Crippen molar-refractivity contribution in [3.63, 3.8) is 0 Å². The second-order valence-electron chi connectivity index (χ2n) is 5.48. The van der Waals surface area contributed by atoms with Gasteiger partial charge in [-0.05, 0) is 23.0 Å².